The van der Waals surface area contributed by atoms with Crippen LogP contribution in [-0.4, -0.2) is 73.0 Å². The highest BCUT2D eigenvalue weighted by Gasteiger charge is 2.49. The van der Waals surface area contributed by atoms with E-state index in [1.807, 2.05) is 32.9 Å². The first-order valence-electron chi connectivity index (χ1n) is 12.8. The Kier molecular flexibility index (Phi) is 6.89. The van der Waals surface area contributed by atoms with Crippen molar-refractivity contribution in [1.29, 1.82) is 0 Å². The molecule has 3 fully saturated rings. The fraction of sp³-hybridized carbons (Fsp3) is 0.667. The van der Waals surface area contributed by atoms with Crippen LogP contribution in [0.5, 0.6) is 0 Å². The number of rotatable bonds is 5. The molecule has 0 unspecified atom stereocenters. The van der Waals surface area contributed by atoms with E-state index in [1.165, 1.54) is 24.9 Å². The summed E-state index contributed by atoms with van der Waals surface area (Å²) >= 11 is 0. The Morgan fingerprint density at radius 2 is 1.74 bits per heavy atom. The maximum Gasteiger partial charge on any atom is 0.251 e. The number of fused-ring (bicyclic) bond motifs is 1. The number of nitrogens with zero attached hydrogens (tertiary/aromatic N) is 2. The molecular weight excluding hydrogens is 430 g/mol. The summed E-state index contributed by atoms with van der Waals surface area (Å²) in [7, 11) is 0. The molecule has 0 aliphatic carbocycles. The minimum atomic E-state index is -0.733. The van der Waals surface area contributed by atoms with Gasteiger partial charge in [0.05, 0.1) is 25.2 Å². The lowest BCUT2D eigenvalue weighted by atomic mass is 9.85. The van der Waals surface area contributed by atoms with E-state index in [1.54, 1.807) is 4.90 Å². The summed E-state index contributed by atoms with van der Waals surface area (Å²) < 4.78 is 6.50. The molecule has 186 valence electrons. The zero-order valence-electron chi connectivity index (χ0n) is 21.3. The Hall–Kier alpha value is -2.25. The summed E-state index contributed by atoms with van der Waals surface area (Å²) in [5.74, 6) is -0.522. The molecule has 3 aliphatic rings. The summed E-state index contributed by atoms with van der Waals surface area (Å²) in [5.41, 5.74) is 1.29. The van der Waals surface area contributed by atoms with Gasteiger partial charge in [0.15, 0.2) is 5.78 Å². The first-order chi connectivity index (χ1) is 16.0. The van der Waals surface area contributed by atoms with Gasteiger partial charge in [-0.25, -0.2) is 0 Å². The van der Waals surface area contributed by atoms with E-state index in [9.17, 15) is 14.4 Å². The van der Waals surface area contributed by atoms with Gasteiger partial charge in [-0.1, -0.05) is 20.8 Å². The second kappa shape index (κ2) is 9.42. The molecular formula is C27H40N3O4+. The number of hydrogen-bond donors (Lipinski definition) is 1. The predicted octanol–water partition coefficient (Wildman–Crippen LogP) is 3.30. The number of ketones is 1. The second-order valence-electron chi connectivity index (χ2n) is 11.5. The van der Waals surface area contributed by atoms with Gasteiger partial charge < -0.3 is 15.0 Å². The molecule has 7 heteroatoms. The Labute approximate surface area is 203 Å². The molecule has 0 bridgehead atoms. The second-order valence-corrected chi connectivity index (χ2v) is 11.5. The van der Waals surface area contributed by atoms with Gasteiger partial charge >= 0.3 is 0 Å². The van der Waals surface area contributed by atoms with Crippen LogP contribution in [0, 0.1) is 5.41 Å². The number of nitrogens with one attached hydrogen (secondary N) is 1. The number of amides is 2. The molecule has 1 N–H and O–H groups in total. The van der Waals surface area contributed by atoms with Gasteiger partial charge in [-0.05, 0) is 69.2 Å². The Morgan fingerprint density at radius 3 is 2.32 bits per heavy atom. The first-order valence-corrected chi connectivity index (χ1v) is 12.8. The number of likely N-dealkylation sites (tertiary alicyclic amines) is 2. The minimum absolute atomic E-state index is 0.0506. The van der Waals surface area contributed by atoms with Crippen LogP contribution in [0.15, 0.2) is 24.3 Å². The molecule has 0 spiro atoms. The number of piperidine rings is 1. The monoisotopic (exact) mass is 470 g/mol. The van der Waals surface area contributed by atoms with Gasteiger partial charge in [0, 0.05) is 12.1 Å². The molecule has 0 aromatic heterocycles. The zero-order valence-corrected chi connectivity index (χ0v) is 21.3. The predicted molar refractivity (Wildman–Crippen MR) is 133 cm³/mol. The first kappa shape index (κ1) is 24.9. The van der Waals surface area contributed by atoms with Crippen molar-refractivity contribution >= 4 is 23.3 Å². The zero-order chi connectivity index (χ0) is 24.7. The van der Waals surface area contributed by atoms with Gasteiger partial charge in [-0.2, -0.15) is 0 Å². The van der Waals surface area contributed by atoms with Gasteiger partial charge in [0.25, 0.3) is 5.91 Å². The Morgan fingerprint density at radius 1 is 1.09 bits per heavy atom. The maximum absolute atomic E-state index is 13.5. The molecule has 2 amide bonds. The van der Waals surface area contributed by atoms with Crippen molar-refractivity contribution in [1.82, 2.24) is 14.7 Å². The highest BCUT2D eigenvalue weighted by Crippen LogP contribution is 2.33. The van der Waals surface area contributed by atoms with Crippen molar-refractivity contribution in [3.63, 3.8) is 0 Å². The highest BCUT2D eigenvalue weighted by molar-refractivity contribution is 5.99. The van der Waals surface area contributed by atoms with Crippen LogP contribution in [0.1, 0.15) is 70.7 Å². The molecule has 7 nitrogen and oxygen atoms in total. The third kappa shape index (κ3) is 4.52. The van der Waals surface area contributed by atoms with Crippen LogP contribution in [0.2, 0.25) is 0 Å². The number of carbonyl (C=O) groups excluding carboxylic acids is 3. The lowest BCUT2D eigenvalue weighted by Crippen LogP contribution is -2.57. The van der Waals surface area contributed by atoms with E-state index in [-0.39, 0.29) is 30.3 Å². The summed E-state index contributed by atoms with van der Waals surface area (Å²) in [6, 6.07) is 7.14. The summed E-state index contributed by atoms with van der Waals surface area (Å²) in [6.07, 6.45) is 4.17. The van der Waals surface area contributed by atoms with Crippen LogP contribution >= 0.6 is 0 Å². The number of quaternary nitrogens is 1. The minimum Gasteiger partial charge on any atom is -0.368 e. The number of benzene rings is 1. The summed E-state index contributed by atoms with van der Waals surface area (Å²) in [4.78, 5) is 40.7. The topological polar surface area (TPSA) is 75.7 Å². The lowest BCUT2D eigenvalue weighted by Gasteiger charge is -2.44. The molecule has 3 heterocycles. The van der Waals surface area contributed by atoms with E-state index in [4.69, 9.17) is 4.74 Å². The van der Waals surface area contributed by atoms with E-state index in [2.05, 4.69) is 31.3 Å². The van der Waals surface area contributed by atoms with Crippen LogP contribution in [0.25, 0.3) is 0 Å². The Balaban J connectivity index is 1.51. The van der Waals surface area contributed by atoms with Crippen molar-refractivity contribution < 1.29 is 19.1 Å². The summed E-state index contributed by atoms with van der Waals surface area (Å²) in [5, 5.41) is 2.99. The van der Waals surface area contributed by atoms with Gasteiger partial charge in [-0.15, -0.1) is 0 Å². The van der Waals surface area contributed by atoms with Crippen molar-refractivity contribution in [3.05, 3.63) is 29.8 Å². The molecule has 3 aliphatic heterocycles. The SMILES string of the molecule is CC(C)[N+]1(c2ccc(C(=O)N[C@H](C(=O)N3CC[C@H]4OCC(=O)[C@H]43)C(C)(C)C)cc2)CCCCC1. The van der Waals surface area contributed by atoms with Crippen LogP contribution in [0.4, 0.5) is 5.69 Å². The summed E-state index contributed by atoms with van der Waals surface area (Å²) in [6.45, 7) is 13.2. The molecule has 1 aromatic carbocycles. The average Bonchev–Trinajstić information content (AvgIpc) is 3.39. The largest absolute Gasteiger partial charge is 0.368 e. The molecule has 34 heavy (non-hydrogen) atoms. The maximum atomic E-state index is 13.5. The molecule has 3 saturated heterocycles. The van der Waals surface area contributed by atoms with Gasteiger partial charge in [-0.3, -0.25) is 18.9 Å². The van der Waals surface area contributed by atoms with Crippen LogP contribution in [-0.2, 0) is 14.3 Å². The number of carbonyl (C=O) groups is 3. The van der Waals surface area contributed by atoms with Crippen molar-refractivity contribution in [2.75, 3.05) is 26.2 Å². The number of ether oxygens (including phenoxy) is 1. The normalized spacial score (nSPS) is 25.4. The molecule has 4 rings (SSSR count). The van der Waals surface area contributed by atoms with E-state index < -0.39 is 17.5 Å². The van der Waals surface area contributed by atoms with E-state index in [0.717, 1.165) is 17.6 Å². The van der Waals surface area contributed by atoms with Crippen molar-refractivity contribution in [3.8, 4) is 0 Å². The Bertz CT molecular complexity index is 928. The van der Waals surface area contributed by atoms with Crippen molar-refractivity contribution in [2.45, 2.75) is 84.5 Å². The third-order valence-corrected chi connectivity index (χ3v) is 8.03. The third-order valence-electron chi connectivity index (χ3n) is 8.03. The van der Waals surface area contributed by atoms with E-state index >= 15 is 0 Å². The smallest absolute Gasteiger partial charge is 0.251 e. The van der Waals surface area contributed by atoms with Crippen LogP contribution in [0.3, 0.4) is 0 Å². The van der Waals surface area contributed by atoms with Gasteiger partial charge in [0.2, 0.25) is 5.91 Å². The molecule has 0 radical (unpaired) electrons. The lowest BCUT2D eigenvalue weighted by molar-refractivity contribution is -0.140. The highest BCUT2D eigenvalue weighted by atomic mass is 16.5. The standard InChI is InChI=1S/C27H39N3O4/c1-18(2)30(15-7-6-8-16-30)20-11-9-19(10-12-20)25(32)28-24(27(3,4)5)26(33)29-14-13-22-23(29)21(31)17-34-22/h9-12,18,22-24H,6-8,13-17H2,1-5H3/p+1/t22-,23-,24-/m1/s1. The van der Waals surface area contributed by atoms with E-state index in [0.29, 0.717) is 24.6 Å². The molecule has 3 atom stereocenters. The number of hydrogen-bond acceptors (Lipinski definition) is 4. The van der Waals surface area contributed by atoms with Crippen molar-refractivity contribution in [2.24, 2.45) is 5.41 Å². The van der Waals surface area contributed by atoms with Crippen LogP contribution < -0.4 is 9.80 Å². The number of Topliss-reactive ketones (excluding diaryl/α,β-unsaturated/α-hetero) is 1. The molecule has 0 saturated carbocycles. The average molecular weight is 471 g/mol. The molecule has 1 aromatic rings. The van der Waals surface area contributed by atoms with Gasteiger partial charge in [0.1, 0.15) is 24.4 Å². The fourth-order valence-electron chi connectivity index (χ4n) is 5.93. The quantitative estimate of drug-likeness (QED) is 0.670. The fourth-order valence-corrected chi connectivity index (χ4v) is 5.93.